The summed E-state index contributed by atoms with van der Waals surface area (Å²) in [4.78, 5) is 10.2. The van der Waals surface area contributed by atoms with E-state index in [9.17, 15) is 10.1 Å². The molecule has 0 aliphatic rings. The summed E-state index contributed by atoms with van der Waals surface area (Å²) in [7, 11) is 0. The Kier molecular flexibility index (Phi) is 4.24. The molecule has 0 saturated heterocycles. The molecular formula is C9H10BrN3O3. The van der Waals surface area contributed by atoms with Crippen molar-refractivity contribution in [2.45, 2.75) is 6.42 Å². The van der Waals surface area contributed by atoms with E-state index in [0.29, 0.717) is 4.47 Å². The van der Waals surface area contributed by atoms with Gasteiger partial charge in [0, 0.05) is 17.0 Å². The molecule has 0 radical (unpaired) electrons. The van der Waals surface area contributed by atoms with Gasteiger partial charge in [-0.2, -0.15) is 0 Å². The van der Waals surface area contributed by atoms with Gasteiger partial charge in [-0.3, -0.25) is 15.5 Å². The van der Waals surface area contributed by atoms with Crippen molar-refractivity contribution >= 4 is 27.5 Å². The lowest BCUT2D eigenvalue weighted by Gasteiger charge is -2.06. The van der Waals surface area contributed by atoms with Crippen LogP contribution in [0.2, 0.25) is 0 Å². The molecule has 0 amide bonds. The molecule has 0 aliphatic heterocycles. The Balaban J connectivity index is 2.78. The Morgan fingerprint density at radius 2 is 2.31 bits per heavy atom. The lowest BCUT2D eigenvalue weighted by atomic mass is 10.3. The second-order valence-corrected chi connectivity index (χ2v) is 3.91. The molecule has 86 valence electrons. The fraction of sp³-hybridized carbons (Fsp3) is 0.222. The zero-order valence-corrected chi connectivity index (χ0v) is 9.86. The quantitative estimate of drug-likeness (QED) is 0.374. The van der Waals surface area contributed by atoms with Crippen molar-refractivity contribution in [3.05, 3.63) is 32.8 Å². The van der Waals surface area contributed by atoms with Crippen molar-refractivity contribution in [3.63, 3.8) is 0 Å². The van der Waals surface area contributed by atoms with Crippen molar-refractivity contribution < 1.29 is 9.66 Å². The average molecular weight is 288 g/mol. The standard InChI is InChI=1S/C9H10BrN3O3/c10-6-1-2-8(7(5-6)13(14)15)16-4-3-9(11)12/h1-2,5H,3-4H2,(H3,11,12). The number of nitro benzene ring substituents is 1. The summed E-state index contributed by atoms with van der Waals surface area (Å²) in [6.07, 6.45) is 0.243. The second kappa shape index (κ2) is 5.45. The third kappa shape index (κ3) is 3.50. The molecule has 0 heterocycles. The number of hydrogen-bond acceptors (Lipinski definition) is 4. The van der Waals surface area contributed by atoms with Gasteiger partial charge < -0.3 is 10.5 Å². The van der Waals surface area contributed by atoms with E-state index in [4.69, 9.17) is 15.9 Å². The fourth-order valence-electron chi connectivity index (χ4n) is 1.03. The summed E-state index contributed by atoms with van der Waals surface area (Å²) in [6, 6.07) is 4.52. The fourth-order valence-corrected chi connectivity index (χ4v) is 1.38. The van der Waals surface area contributed by atoms with Crippen molar-refractivity contribution in [1.29, 1.82) is 5.41 Å². The number of nitro groups is 1. The van der Waals surface area contributed by atoms with Crippen molar-refractivity contribution in [2.24, 2.45) is 5.73 Å². The van der Waals surface area contributed by atoms with E-state index in [0.717, 1.165) is 0 Å². The smallest absolute Gasteiger partial charge is 0.312 e. The largest absolute Gasteiger partial charge is 0.486 e. The van der Waals surface area contributed by atoms with E-state index in [1.165, 1.54) is 12.1 Å². The van der Waals surface area contributed by atoms with Gasteiger partial charge in [0.1, 0.15) is 0 Å². The van der Waals surface area contributed by atoms with Gasteiger partial charge in [-0.05, 0) is 12.1 Å². The zero-order chi connectivity index (χ0) is 12.1. The molecule has 0 aliphatic carbocycles. The van der Waals surface area contributed by atoms with Gasteiger partial charge in [0.05, 0.1) is 17.4 Å². The molecule has 16 heavy (non-hydrogen) atoms. The van der Waals surface area contributed by atoms with Crippen LogP contribution in [0.1, 0.15) is 6.42 Å². The number of halogens is 1. The monoisotopic (exact) mass is 287 g/mol. The normalized spacial score (nSPS) is 9.81. The summed E-state index contributed by atoms with van der Waals surface area (Å²) < 4.78 is 5.79. The van der Waals surface area contributed by atoms with E-state index in [2.05, 4.69) is 15.9 Å². The van der Waals surface area contributed by atoms with E-state index < -0.39 is 4.92 Å². The third-order valence-corrected chi connectivity index (χ3v) is 2.24. The van der Waals surface area contributed by atoms with Gasteiger partial charge in [-0.25, -0.2) is 0 Å². The molecule has 3 N–H and O–H groups in total. The number of nitrogens with two attached hydrogens (primary N) is 1. The summed E-state index contributed by atoms with van der Waals surface area (Å²) in [6.45, 7) is 0.151. The first-order valence-corrected chi connectivity index (χ1v) is 5.19. The number of ether oxygens (including phenoxy) is 1. The average Bonchev–Trinajstić information content (AvgIpc) is 2.19. The first kappa shape index (κ1) is 12.4. The highest BCUT2D eigenvalue weighted by Gasteiger charge is 2.15. The zero-order valence-electron chi connectivity index (χ0n) is 8.27. The van der Waals surface area contributed by atoms with Gasteiger partial charge in [0.15, 0.2) is 5.75 Å². The maximum absolute atomic E-state index is 10.7. The van der Waals surface area contributed by atoms with Crippen LogP contribution in [-0.4, -0.2) is 17.4 Å². The van der Waals surface area contributed by atoms with Crippen LogP contribution in [0.5, 0.6) is 5.75 Å². The van der Waals surface area contributed by atoms with Crippen molar-refractivity contribution in [1.82, 2.24) is 0 Å². The van der Waals surface area contributed by atoms with Crippen LogP contribution < -0.4 is 10.5 Å². The van der Waals surface area contributed by atoms with Crippen LogP contribution >= 0.6 is 15.9 Å². The summed E-state index contributed by atoms with van der Waals surface area (Å²) in [5.74, 6) is 0.161. The van der Waals surface area contributed by atoms with Crippen LogP contribution in [-0.2, 0) is 0 Å². The van der Waals surface area contributed by atoms with Gasteiger partial charge in [0.2, 0.25) is 0 Å². The molecule has 0 spiro atoms. The molecule has 0 saturated carbocycles. The van der Waals surface area contributed by atoms with Crippen molar-refractivity contribution in [2.75, 3.05) is 6.61 Å². The molecule has 1 rings (SSSR count). The van der Waals surface area contributed by atoms with Crippen LogP contribution in [0.3, 0.4) is 0 Å². The van der Waals surface area contributed by atoms with E-state index >= 15 is 0 Å². The van der Waals surface area contributed by atoms with Gasteiger partial charge in [-0.1, -0.05) is 15.9 Å². The lowest BCUT2D eigenvalue weighted by Crippen LogP contribution is -2.14. The number of benzene rings is 1. The number of amidine groups is 1. The predicted molar refractivity (Wildman–Crippen MR) is 62.8 cm³/mol. The maximum Gasteiger partial charge on any atom is 0.312 e. The Hall–Kier alpha value is -1.63. The molecule has 0 unspecified atom stereocenters. The Labute approximate surface area is 100 Å². The van der Waals surface area contributed by atoms with Crippen LogP contribution in [0, 0.1) is 15.5 Å². The van der Waals surface area contributed by atoms with E-state index in [1.807, 2.05) is 0 Å². The van der Waals surface area contributed by atoms with E-state index in [-0.39, 0.29) is 30.3 Å². The first-order valence-electron chi connectivity index (χ1n) is 4.40. The second-order valence-electron chi connectivity index (χ2n) is 2.99. The molecule has 0 fully saturated rings. The minimum atomic E-state index is -0.520. The van der Waals surface area contributed by atoms with Gasteiger partial charge in [-0.15, -0.1) is 0 Å². The number of hydrogen-bond donors (Lipinski definition) is 2. The molecule has 1 aromatic rings. The van der Waals surface area contributed by atoms with Crippen LogP contribution in [0.25, 0.3) is 0 Å². The molecule has 0 atom stereocenters. The highest BCUT2D eigenvalue weighted by molar-refractivity contribution is 9.10. The van der Waals surface area contributed by atoms with Crippen molar-refractivity contribution in [3.8, 4) is 5.75 Å². The Morgan fingerprint density at radius 3 is 2.88 bits per heavy atom. The minimum Gasteiger partial charge on any atom is -0.486 e. The Bertz CT molecular complexity index is 422. The molecule has 1 aromatic carbocycles. The molecule has 6 nitrogen and oxygen atoms in total. The third-order valence-electron chi connectivity index (χ3n) is 1.75. The lowest BCUT2D eigenvalue weighted by molar-refractivity contribution is -0.385. The van der Waals surface area contributed by atoms with Gasteiger partial charge >= 0.3 is 5.69 Å². The minimum absolute atomic E-state index is 0.0141. The first-order chi connectivity index (χ1) is 7.50. The number of rotatable bonds is 5. The molecule has 7 heteroatoms. The highest BCUT2D eigenvalue weighted by Crippen LogP contribution is 2.29. The number of nitrogens with zero attached hydrogens (tertiary/aromatic N) is 1. The topological polar surface area (TPSA) is 102 Å². The van der Waals surface area contributed by atoms with E-state index in [1.54, 1.807) is 6.07 Å². The molecular weight excluding hydrogens is 278 g/mol. The summed E-state index contributed by atoms with van der Waals surface area (Å²) in [5, 5.41) is 17.7. The molecule has 0 aromatic heterocycles. The molecule has 0 bridgehead atoms. The van der Waals surface area contributed by atoms with Gasteiger partial charge in [0.25, 0.3) is 0 Å². The SMILES string of the molecule is N=C(N)CCOc1ccc(Br)cc1[N+](=O)[O-]. The maximum atomic E-state index is 10.7. The highest BCUT2D eigenvalue weighted by atomic mass is 79.9. The summed E-state index contributed by atoms with van der Waals surface area (Å²) in [5.41, 5.74) is 5.03. The summed E-state index contributed by atoms with van der Waals surface area (Å²) >= 11 is 3.14. The van der Waals surface area contributed by atoms with Crippen LogP contribution in [0.15, 0.2) is 22.7 Å². The Morgan fingerprint density at radius 1 is 1.62 bits per heavy atom. The predicted octanol–water partition coefficient (Wildman–Crippen LogP) is 2.06. The number of nitrogens with one attached hydrogen (secondary N) is 1. The van der Waals surface area contributed by atoms with Crippen LogP contribution in [0.4, 0.5) is 5.69 Å².